The van der Waals surface area contributed by atoms with Gasteiger partial charge in [-0.2, -0.15) is 13.8 Å². The van der Waals surface area contributed by atoms with Crippen LogP contribution in [0.3, 0.4) is 0 Å². The molecule has 0 unspecified atom stereocenters. The number of halogens is 4. The van der Waals surface area contributed by atoms with Crippen molar-refractivity contribution < 1.29 is 18.0 Å². The van der Waals surface area contributed by atoms with Gasteiger partial charge in [0.25, 0.3) is 11.9 Å². The average Bonchev–Trinajstić information content (AvgIpc) is 2.38. The van der Waals surface area contributed by atoms with E-state index in [-0.39, 0.29) is 5.69 Å². The first-order chi connectivity index (χ1) is 9.38. The number of pyridine rings is 1. The number of aromatic nitrogens is 1. The highest BCUT2D eigenvalue weighted by Crippen LogP contribution is 2.21. The highest BCUT2D eigenvalue weighted by molar-refractivity contribution is 6.31. The van der Waals surface area contributed by atoms with Gasteiger partial charge in [-0.1, -0.05) is 17.7 Å². The van der Waals surface area contributed by atoms with Gasteiger partial charge in [-0.3, -0.25) is 4.79 Å². The molecule has 0 bridgehead atoms. The summed E-state index contributed by atoms with van der Waals surface area (Å²) in [5.41, 5.74) is 0.297. The Morgan fingerprint density at radius 2 is 1.95 bits per heavy atom. The minimum atomic E-state index is -1.67. The Bertz CT molecular complexity index is 692. The molecule has 0 fully saturated rings. The second-order valence-electron chi connectivity index (χ2n) is 4.02. The molecule has 0 spiro atoms. The SMILES string of the molecule is Cc1ccc(NC(=O)c2cc(F)nc(F)c2F)cc1Cl. The maximum absolute atomic E-state index is 13.4. The number of hydrogen-bond acceptors (Lipinski definition) is 2. The maximum atomic E-state index is 13.4. The van der Waals surface area contributed by atoms with Crippen molar-refractivity contribution in [1.82, 2.24) is 4.98 Å². The molecule has 0 aliphatic rings. The fourth-order valence-electron chi connectivity index (χ4n) is 1.50. The molecule has 0 aliphatic carbocycles. The number of nitrogens with zero attached hydrogens (tertiary/aromatic N) is 1. The van der Waals surface area contributed by atoms with E-state index in [1.165, 1.54) is 12.1 Å². The second kappa shape index (κ2) is 5.50. The van der Waals surface area contributed by atoms with Crippen molar-refractivity contribution in [2.75, 3.05) is 5.32 Å². The van der Waals surface area contributed by atoms with Crippen molar-refractivity contribution in [2.24, 2.45) is 0 Å². The zero-order chi connectivity index (χ0) is 14.9. The number of carbonyl (C=O) groups is 1. The van der Waals surface area contributed by atoms with Crippen LogP contribution in [0.5, 0.6) is 0 Å². The van der Waals surface area contributed by atoms with Crippen LogP contribution in [0.15, 0.2) is 24.3 Å². The van der Waals surface area contributed by atoms with Crippen molar-refractivity contribution in [3.63, 3.8) is 0 Å². The van der Waals surface area contributed by atoms with Gasteiger partial charge in [0.15, 0.2) is 5.82 Å². The van der Waals surface area contributed by atoms with Crippen LogP contribution in [0.1, 0.15) is 15.9 Å². The lowest BCUT2D eigenvalue weighted by Crippen LogP contribution is -2.16. The lowest BCUT2D eigenvalue weighted by Gasteiger charge is -2.08. The Morgan fingerprint density at radius 3 is 2.60 bits per heavy atom. The van der Waals surface area contributed by atoms with Gasteiger partial charge in [0.05, 0.1) is 5.56 Å². The predicted octanol–water partition coefficient (Wildman–Crippen LogP) is 3.71. The van der Waals surface area contributed by atoms with Crippen molar-refractivity contribution >= 4 is 23.2 Å². The van der Waals surface area contributed by atoms with Crippen molar-refractivity contribution in [2.45, 2.75) is 6.92 Å². The molecule has 1 aromatic heterocycles. The quantitative estimate of drug-likeness (QED) is 0.859. The smallest absolute Gasteiger partial charge is 0.258 e. The summed E-state index contributed by atoms with van der Waals surface area (Å²) in [6, 6.07) is 5.14. The van der Waals surface area contributed by atoms with Gasteiger partial charge in [-0.05, 0) is 24.6 Å². The van der Waals surface area contributed by atoms with E-state index in [1.807, 2.05) is 0 Å². The van der Waals surface area contributed by atoms with Gasteiger partial charge in [-0.15, -0.1) is 0 Å². The topological polar surface area (TPSA) is 42.0 Å². The number of hydrogen-bond donors (Lipinski definition) is 1. The molecule has 1 amide bonds. The van der Waals surface area contributed by atoms with E-state index in [4.69, 9.17) is 11.6 Å². The first kappa shape index (κ1) is 14.3. The van der Waals surface area contributed by atoms with Crippen molar-refractivity contribution in [1.29, 1.82) is 0 Å². The number of amides is 1. The van der Waals surface area contributed by atoms with E-state index in [2.05, 4.69) is 10.3 Å². The lowest BCUT2D eigenvalue weighted by atomic mass is 10.2. The van der Waals surface area contributed by atoms with Gasteiger partial charge < -0.3 is 5.32 Å². The predicted molar refractivity (Wildman–Crippen MR) is 68.3 cm³/mol. The molecule has 3 nitrogen and oxygen atoms in total. The third kappa shape index (κ3) is 2.91. The molecule has 2 aromatic rings. The molecule has 0 atom stereocenters. The zero-order valence-corrected chi connectivity index (χ0v) is 10.9. The summed E-state index contributed by atoms with van der Waals surface area (Å²) in [6.45, 7) is 1.77. The van der Waals surface area contributed by atoms with Crippen LogP contribution in [-0.2, 0) is 0 Å². The molecule has 7 heteroatoms. The molecule has 2 rings (SSSR count). The summed E-state index contributed by atoms with van der Waals surface area (Å²) in [7, 11) is 0. The molecule has 0 aliphatic heterocycles. The summed E-state index contributed by atoms with van der Waals surface area (Å²) >= 11 is 5.87. The van der Waals surface area contributed by atoms with Gasteiger partial charge in [0.1, 0.15) is 0 Å². The fourth-order valence-corrected chi connectivity index (χ4v) is 1.68. The third-order valence-corrected chi connectivity index (χ3v) is 2.97. The summed E-state index contributed by atoms with van der Waals surface area (Å²) in [4.78, 5) is 14.4. The summed E-state index contributed by atoms with van der Waals surface area (Å²) in [5, 5.41) is 2.70. The first-order valence-electron chi connectivity index (χ1n) is 5.47. The lowest BCUT2D eigenvalue weighted by molar-refractivity contribution is 0.102. The highest BCUT2D eigenvalue weighted by Gasteiger charge is 2.19. The normalized spacial score (nSPS) is 10.4. The summed E-state index contributed by atoms with van der Waals surface area (Å²) in [6.07, 6.45) is 0. The second-order valence-corrected chi connectivity index (χ2v) is 4.42. The molecule has 0 radical (unpaired) electrons. The van der Waals surface area contributed by atoms with Gasteiger partial charge >= 0.3 is 0 Å². The van der Waals surface area contributed by atoms with Gasteiger partial charge in [-0.25, -0.2) is 4.39 Å². The maximum Gasteiger partial charge on any atom is 0.258 e. The number of carbonyl (C=O) groups excluding carboxylic acids is 1. The Hall–Kier alpha value is -2.08. The highest BCUT2D eigenvalue weighted by atomic mass is 35.5. The molecule has 20 heavy (non-hydrogen) atoms. The Morgan fingerprint density at radius 1 is 1.25 bits per heavy atom. The standard InChI is InChI=1S/C13H8ClF3N2O/c1-6-2-3-7(4-9(6)14)18-13(20)8-5-10(15)19-12(17)11(8)16/h2-5H,1H3,(H,18,20). The van der Waals surface area contributed by atoms with E-state index in [0.29, 0.717) is 11.1 Å². The van der Waals surface area contributed by atoms with Crippen LogP contribution in [0.2, 0.25) is 5.02 Å². The van der Waals surface area contributed by atoms with E-state index in [1.54, 1.807) is 13.0 Å². The minimum Gasteiger partial charge on any atom is -0.322 e. The molecule has 1 aromatic carbocycles. The molecule has 0 saturated carbocycles. The summed E-state index contributed by atoms with van der Waals surface area (Å²) < 4.78 is 39.2. The van der Waals surface area contributed by atoms with E-state index in [9.17, 15) is 18.0 Å². The van der Waals surface area contributed by atoms with Crippen LogP contribution >= 0.6 is 11.6 Å². The molecular weight excluding hydrogens is 293 g/mol. The number of rotatable bonds is 2. The zero-order valence-electron chi connectivity index (χ0n) is 10.2. The van der Waals surface area contributed by atoms with Crippen molar-refractivity contribution in [3.8, 4) is 0 Å². The molecular formula is C13H8ClF3N2O. The minimum absolute atomic E-state index is 0.280. The van der Waals surface area contributed by atoms with Crippen LogP contribution in [0.25, 0.3) is 0 Å². The fraction of sp³-hybridized carbons (Fsp3) is 0.0769. The average molecular weight is 301 g/mol. The molecule has 1 heterocycles. The van der Waals surface area contributed by atoms with E-state index in [0.717, 1.165) is 5.56 Å². The molecule has 1 N–H and O–H groups in total. The van der Waals surface area contributed by atoms with Crippen LogP contribution in [-0.4, -0.2) is 10.9 Å². The van der Waals surface area contributed by atoms with Crippen molar-refractivity contribution in [3.05, 3.63) is 58.1 Å². The molecule has 0 saturated heterocycles. The Balaban J connectivity index is 2.30. The third-order valence-electron chi connectivity index (χ3n) is 2.56. The van der Waals surface area contributed by atoms with Gasteiger partial charge in [0, 0.05) is 16.8 Å². The van der Waals surface area contributed by atoms with Gasteiger partial charge in [0.2, 0.25) is 5.95 Å². The number of aryl methyl sites for hydroxylation is 1. The Kier molecular flexibility index (Phi) is 3.94. The van der Waals surface area contributed by atoms with Crippen LogP contribution < -0.4 is 5.32 Å². The van der Waals surface area contributed by atoms with Crippen LogP contribution in [0, 0.1) is 24.6 Å². The largest absolute Gasteiger partial charge is 0.322 e. The Labute approximate surface area is 117 Å². The number of anilines is 1. The van der Waals surface area contributed by atoms with E-state index < -0.39 is 29.2 Å². The first-order valence-corrected chi connectivity index (χ1v) is 5.85. The van der Waals surface area contributed by atoms with E-state index >= 15 is 0 Å². The van der Waals surface area contributed by atoms with Crippen LogP contribution in [0.4, 0.5) is 18.9 Å². The molecule has 104 valence electrons. The number of benzene rings is 1. The summed E-state index contributed by atoms with van der Waals surface area (Å²) in [5.74, 6) is -5.46. The monoisotopic (exact) mass is 300 g/mol. The number of nitrogens with one attached hydrogen (secondary N) is 1.